The van der Waals surface area contributed by atoms with E-state index in [9.17, 15) is 13.2 Å². The molecule has 2 aromatic carbocycles. The van der Waals surface area contributed by atoms with Crippen molar-refractivity contribution in [3.05, 3.63) is 58.9 Å². The van der Waals surface area contributed by atoms with Crippen LogP contribution in [0.15, 0.2) is 30.3 Å². The van der Waals surface area contributed by atoms with Gasteiger partial charge >= 0.3 is 0 Å². The summed E-state index contributed by atoms with van der Waals surface area (Å²) < 4.78 is 52.4. The van der Waals surface area contributed by atoms with Gasteiger partial charge in [-0.2, -0.15) is 4.39 Å². The Kier molecular flexibility index (Phi) is 5.74. The number of halogens is 3. The molecule has 3 rings (SSSR count). The normalized spacial score (nSPS) is 20.0. The van der Waals surface area contributed by atoms with E-state index in [-0.39, 0.29) is 29.2 Å². The Balaban J connectivity index is 1.70. The van der Waals surface area contributed by atoms with E-state index in [4.69, 9.17) is 9.47 Å². The molecule has 0 aromatic heterocycles. The molecule has 5 heteroatoms. The maximum absolute atomic E-state index is 14.3. The van der Waals surface area contributed by atoms with Gasteiger partial charge in [-0.3, -0.25) is 0 Å². The van der Waals surface area contributed by atoms with Crippen LogP contribution in [0.25, 0.3) is 0 Å². The molecule has 0 amide bonds. The van der Waals surface area contributed by atoms with Crippen molar-refractivity contribution in [2.75, 3.05) is 13.7 Å². The van der Waals surface area contributed by atoms with E-state index in [2.05, 4.69) is 0 Å². The minimum Gasteiger partial charge on any atom is -0.494 e. The molecule has 0 N–H and O–H groups in total. The summed E-state index contributed by atoms with van der Waals surface area (Å²) >= 11 is 0. The van der Waals surface area contributed by atoms with Gasteiger partial charge in [0.1, 0.15) is 0 Å². The summed E-state index contributed by atoms with van der Waals surface area (Å²) in [5.41, 5.74) is 1.34. The lowest BCUT2D eigenvalue weighted by Gasteiger charge is -2.29. The largest absolute Gasteiger partial charge is 0.494 e. The number of ether oxygens (including phenoxy) is 2. The zero-order valence-electron chi connectivity index (χ0n) is 15.0. The zero-order chi connectivity index (χ0) is 18.7. The van der Waals surface area contributed by atoms with Gasteiger partial charge < -0.3 is 9.47 Å². The molecule has 0 unspecified atom stereocenters. The molecule has 0 aliphatic heterocycles. The highest BCUT2D eigenvalue weighted by atomic mass is 19.2. The fourth-order valence-corrected chi connectivity index (χ4v) is 3.80. The van der Waals surface area contributed by atoms with E-state index in [0.29, 0.717) is 12.2 Å². The average Bonchev–Trinajstić information content (AvgIpc) is 2.66. The van der Waals surface area contributed by atoms with Gasteiger partial charge in [0.05, 0.1) is 13.7 Å². The van der Waals surface area contributed by atoms with Crippen LogP contribution in [0.4, 0.5) is 13.2 Å². The summed E-state index contributed by atoms with van der Waals surface area (Å²) in [6, 6.07) is 8.18. The standard InChI is InChI=1S/C21H23F3O2/c1-3-26-18-10-8-15(12-17(18)22)13-4-6-14(7-5-13)16-9-11-19(25-2)21(24)20(16)23/h8-14H,3-7H2,1-2H3. The molecule has 0 radical (unpaired) electrons. The lowest BCUT2D eigenvalue weighted by Crippen LogP contribution is -2.14. The third-order valence-corrected chi connectivity index (χ3v) is 5.19. The summed E-state index contributed by atoms with van der Waals surface area (Å²) in [4.78, 5) is 0. The Hall–Kier alpha value is -2.17. The van der Waals surface area contributed by atoms with Gasteiger partial charge in [-0.1, -0.05) is 12.1 Å². The van der Waals surface area contributed by atoms with E-state index in [1.54, 1.807) is 12.1 Å². The molecule has 1 fully saturated rings. The summed E-state index contributed by atoms with van der Waals surface area (Å²) in [7, 11) is 1.32. The van der Waals surface area contributed by atoms with Crippen molar-refractivity contribution in [2.45, 2.75) is 44.4 Å². The van der Waals surface area contributed by atoms with Gasteiger partial charge in [0.2, 0.25) is 5.82 Å². The SMILES string of the molecule is CCOc1ccc(C2CCC(c3ccc(OC)c(F)c3F)CC2)cc1F. The van der Waals surface area contributed by atoms with Crippen molar-refractivity contribution in [1.82, 2.24) is 0 Å². The van der Waals surface area contributed by atoms with Gasteiger partial charge in [0, 0.05) is 0 Å². The predicted molar refractivity (Wildman–Crippen MR) is 94.4 cm³/mol. The zero-order valence-corrected chi connectivity index (χ0v) is 15.0. The monoisotopic (exact) mass is 364 g/mol. The summed E-state index contributed by atoms with van der Waals surface area (Å²) in [6.45, 7) is 2.24. The third kappa shape index (κ3) is 3.67. The average molecular weight is 364 g/mol. The molecule has 1 aliphatic rings. The molecule has 26 heavy (non-hydrogen) atoms. The fraction of sp³-hybridized carbons (Fsp3) is 0.429. The van der Waals surface area contributed by atoms with Crippen LogP contribution < -0.4 is 9.47 Å². The maximum atomic E-state index is 14.3. The Labute approximate surface area is 151 Å². The molecule has 0 heterocycles. The lowest BCUT2D eigenvalue weighted by atomic mass is 9.76. The highest BCUT2D eigenvalue weighted by Crippen LogP contribution is 2.42. The van der Waals surface area contributed by atoms with Crippen LogP contribution >= 0.6 is 0 Å². The van der Waals surface area contributed by atoms with Crippen molar-refractivity contribution < 1.29 is 22.6 Å². The minimum atomic E-state index is -0.930. The number of hydrogen-bond acceptors (Lipinski definition) is 2. The van der Waals surface area contributed by atoms with Crippen molar-refractivity contribution in [3.63, 3.8) is 0 Å². The van der Waals surface area contributed by atoms with Gasteiger partial charge in [0.25, 0.3) is 0 Å². The van der Waals surface area contributed by atoms with Crippen molar-refractivity contribution in [1.29, 1.82) is 0 Å². The van der Waals surface area contributed by atoms with E-state index >= 15 is 0 Å². The molecular weight excluding hydrogens is 341 g/mol. The van der Waals surface area contributed by atoms with Crippen LogP contribution in [0, 0.1) is 17.5 Å². The van der Waals surface area contributed by atoms with E-state index in [0.717, 1.165) is 31.2 Å². The lowest BCUT2D eigenvalue weighted by molar-refractivity contribution is 0.320. The van der Waals surface area contributed by atoms with Gasteiger partial charge in [-0.15, -0.1) is 0 Å². The van der Waals surface area contributed by atoms with Crippen molar-refractivity contribution in [3.8, 4) is 11.5 Å². The second kappa shape index (κ2) is 8.02. The molecule has 0 atom stereocenters. The number of hydrogen-bond donors (Lipinski definition) is 0. The van der Waals surface area contributed by atoms with Crippen LogP contribution in [0.3, 0.4) is 0 Å². The molecule has 0 spiro atoms. The molecule has 2 nitrogen and oxygen atoms in total. The molecule has 1 saturated carbocycles. The fourth-order valence-electron chi connectivity index (χ4n) is 3.80. The highest BCUT2D eigenvalue weighted by molar-refractivity contribution is 5.34. The van der Waals surface area contributed by atoms with E-state index in [1.165, 1.54) is 19.2 Å². The minimum absolute atomic E-state index is 0.0285. The molecular formula is C21H23F3O2. The second-order valence-electron chi connectivity index (χ2n) is 6.66. The van der Waals surface area contributed by atoms with E-state index < -0.39 is 11.6 Å². The van der Waals surface area contributed by atoms with Crippen LogP contribution in [0.2, 0.25) is 0 Å². The van der Waals surface area contributed by atoms with Gasteiger partial charge in [-0.25, -0.2) is 8.78 Å². The Morgan fingerprint density at radius 1 is 0.885 bits per heavy atom. The Morgan fingerprint density at radius 2 is 1.54 bits per heavy atom. The molecule has 140 valence electrons. The first-order valence-corrected chi connectivity index (χ1v) is 8.99. The maximum Gasteiger partial charge on any atom is 0.200 e. The molecule has 2 aromatic rings. The van der Waals surface area contributed by atoms with Gasteiger partial charge in [-0.05, 0) is 73.8 Å². The molecule has 1 aliphatic carbocycles. The summed E-state index contributed by atoms with van der Waals surface area (Å²) in [6.07, 6.45) is 3.10. The van der Waals surface area contributed by atoms with Crippen LogP contribution in [0.5, 0.6) is 11.5 Å². The van der Waals surface area contributed by atoms with E-state index in [1.807, 2.05) is 13.0 Å². The summed E-state index contributed by atoms with van der Waals surface area (Å²) in [5.74, 6) is -1.72. The Bertz CT molecular complexity index is 768. The predicted octanol–water partition coefficient (Wildman–Crippen LogP) is 5.95. The number of methoxy groups -OCH3 is 1. The first-order valence-electron chi connectivity index (χ1n) is 8.99. The van der Waals surface area contributed by atoms with Crippen LogP contribution in [-0.4, -0.2) is 13.7 Å². The smallest absolute Gasteiger partial charge is 0.200 e. The van der Waals surface area contributed by atoms with Crippen LogP contribution in [0.1, 0.15) is 55.6 Å². The first kappa shape index (κ1) is 18.6. The number of rotatable bonds is 5. The second-order valence-corrected chi connectivity index (χ2v) is 6.66. The molecule has 0 bridgehead atoms. The van der Waals surface area contributed by atoms with Crippen molar-refractivity contribution >= 4 is 0 Å². The summed E-state index contributed by atoms with van der Waals surface area (Å²) in [5, 5.41) is 0. The van der Waals surface area contributed by atoms with Crippen LogP contribution in [-0.2, 0) is 0 Å². The quantitative estimate of drug-likeness (QED) is 0.652. The van der Waals surface area contributed by atoms with Gasteiger partial charge in [0.15, 0.2) is 23.1 Å². The Morgan fingerprint density at radius 3 is 2.15 bits per heavy atom. The van der Waals surface area contributed by atoms with Crippen molar-refractivity contribution in [2.24, 2.45) is 0 Å². The third-order valence-electron chi connectivity index (χ3n) is 5.19. The number of benzene rings is 2. The highest BCUT2D eigenvalue weighted by Gasteiger charge is 2.27. The first-order chi connectivity index (χ1) is 12.5. The molecule has 0 saturated heterocycles. The topological polar surface area (TPSA) is 18.5 Å².